The zero-order valence-electron chi connectivity index (χ0n) is 12.7. The molecule has 1 aliphatic rings. The fourth-order valence-corrected chi connectivity index (χ4v) is 2.70. The van der Waals surface area contributed by atoms with Crippen LogP contribution in [0.25, 0.3) is 0 Å². The minimum absolute atomic E-state index is 0.0735. The summed E-state index contributed by atoms with van der Waals surface area (Å²) in [4.78, 5) is 16.1. The number of hydrogen-bond acceptors (Lipinski definition) is 4. The van der Waals surface area contributed by atoms with E-state index < -0.39 is 0 Å². The maximum atomic E-state index is 12.1. The second-order valence-corrected chi connectivity index (χ2v) is 5.80. The van der Waals surface area contributed by atoms with Gasteiger partial charge in [-0.15, -0.1) is 0 Å². The van der Waals surface area contributed by atoms with Crippen LogP contribution in [0.15, 0.2) is 30.6 Å². The van der Waals surface area contributed by atoms with Crippen molar-refractivity contribution in [3.8, 4) is 0 Å². The fourth-order valence-electron chi connectivity index (χ4n) is 2.58. The molecule has 0 spiro atoms. The number of carbonyl (C=O) groups excluding carboxylic acids is 1. The van der Waals surface area contributed by atoms with Gasteiger partial charge in [0.25, 0.3) is 0 Å². The highest BCUT2D eigenvalue weighted by Gasteiger charge is 2.30. The average Bonchev–Trinajstić information content (AvgIpc) is 3.15. The van der Waals surface area contributed by atoms with Crippen LogP contribution in [0.2, 0.25) is 5.02 Å². The van der Waals surface area contributed by atoms with Crippen LogP contribution >= 0.6 is 11.6 Å². The molecule has 2 aromatic rings. The Kier molecular flexibility index (Phi) is 4.78. The molecular formula is C15H18ClN5O2. The Balaban J connectivity index is 1.56. The zero-order valence-corrected chi connectivity index (χ0v) is 13.5. The van der Waals surface area contributed by atoms with Crippen LogP contribution in [0.5, 0.6) is 0 Å². The highest BCUT2D eigenvalue weighted by atomic mass is 35.5. The summed E-state index contributed by atoms with van der Waals surface area (Å²) in [7, 11) is 1.78. The SMILES string of the molecule is Cn1ncnc1CNC(=O)N[C@H]1CCO[C@@H]1c1ccc(Cl)cc1. The van der Waals surface area contributed by atoms with Gasteiger partial charge in [0.1, 0.15) is 18.3 Å². The van der Waals surface area contributed by atoms with Crippen LogP contribution in [-0.4, -0.2) is 33.4 Å². The summed E-state index contributed by atoms with van der Waals surface area (Å²) in [5.41, 5.74) is 1.01. The summed E-state index contributed by atoms with van der Waals surface area (Å²) in [6.45, 7) is 0.934. The zero-order chi connectivity index (χ0) is 16.2. The summed E-state index contributed by atoms with van der Waals surface area (Å²) < 4.78 is 7.37. The molecule has 0 saturated carbocycles. The third kappa shape index (κ3) is 3.80. The van der Waals surface area contributed by atoms with E-state index in [0.29, 0.717) is 24.0 Å². The van der Waals surface area contributed by atoms with Crippen molar-refractivity contribution in [3.05, 3.63) is 47.0 Å². The summed E-state index contributed by atoms with van der Waals surface area (Å²) in [6, 6.07) is 7.17. The maximum Gasteiger partial charge on any atom is 0.315 e. The number of carbonyl (C=O) groups is 1. The van der Waals surface area contributed by atoms with Gasteiger partial charge in [0, 0.05) is 18.7 Å². The molecule has 2 N–H and O–H groups in total. The minimum atomic E-state index is -0.248. The van der Waals surface area contributed by atoms with E-state index in [1.54, 1.807) is 11.7 Å². The molecule has 8 heteroatoms. The number of aryl methyl sites for hydroxylation is 1. The standard InChI is InChI=1S/C15H18ClN5O2/c1-21-13(18-9-19-21)8-17-15(22)20-12-6-7-23-14(12)10-2-4-11(16)5-3-10/h2-5,9,12,14H,6-8H2,1H3,(H2,17,20,22)/t12-,14+/m0/s1. The molecule has 122 valence electrons. The van der Waals surface area contributed by atoms with Gasteiger partial charge in [0.2, 0.25) is 0 Å². The molecule has 1 fully saturated rings. The number of rotatable bonds is 4. The molecule has 0 aliphatic carbocycles. The first-order chi connectivity index (χ1) is 11.1. The van der Waals surface area contributed by atoms with Gasteiger partial charge in [-0.1, -0.05) is 23.7 Å². The van der Waals surface area contributed by atoms with Gasteiger partial charge in [0.15, 0.2) is 0 Å². The first-order valence-corrected chi connectivity index (χ1v) is 7.75. The van der Waals surface area contributed by atoms with E-state index in [1.165, 1.54) is 6.33 Å². The van der Waals surface area contributed by atoms with Gasteiger partial charge in [-0.25, -0.2) is 9.78 Å². The quantitative estimate of drug-likeness (QED) is 0.892. The number of aromatic nitrogens is 3. The lowest BCUT2D eigenvalue weighted by Crippen LogP contribution is -2.43. The molecule has 3 rings (SSSR count). The molecule has 1 aliphatic heterocycles. The lowest BCUT2D eigenvalue weighted by Gasteiger charge is -2.20. The minimum Gasteiger partial charge on any atom is -0.371 e. The Hall–Kier alpha value is -2.12. The van der Waals surface area contributed by atoms with Gasteiger partial charge in [-0.2, -0.15) is 5.10 Å². The number of hydrogen-bond donors (Lipinski definition) is 2. The Labute approximate surface area is 139 Å². The van der Waals surface area contributed by atoms with E-state index in [1.807, 2.05) is 24.3 Å². The Bertz CT molecular complexity index is 673. The second kappa shape index (κ2) is 6.97. The van der Waals surface area contributed by atoms with E-state index in [0.717, 1.165) is 12.0 Å². The molecule has 0 bridgehead atoms. The van der Waals surface area contributed by atoms with Crippen molar-refractivity contribution in [1.29, 1.82) is 0 Å². The molecule has 1 aromatic carbocycles. The van der Waals surface area contributed by atoms with E-state index in [2.05, 4.69) is 20.7 Å². The summed E-state index contributed by atoms with van der Waals surface area (Å²) in [6.07, 6.45) is 2.06. The van der Waals surface area contributed by atoms with Gasteiger partial charge in [-0.05, 0) is 24.1 Å². The molecular weight excluding hydrogens is 318 g/mol. The van der Waals surface area contributed by atoms with Gasteiger partial charge < -0.3 is 15.4 Å². The number of amides is 2. The van der Waals surface area contributed by atoms with Crippen LogP contribution in [0.1, 0.15) is 23.9 Å². The van der Waals surface area contributed by atoms with E-state index in [9.17, 15) is 4.79 Å². The first-order valence-electron chi connectivity index (χ1n) is 7.38. The summed E-state index contributed by atoms with van der Waals surface area (Å²) in [5, 5.41) is 10.4. The Morgan fingerprint density at radius 2 is 2.22 bits per heavy atom. The highest BCUT2D eigenvalue weighted by molar-refractivity contribution is 6.30. The molecule has 1 aromatic heterocycles. The topological polar surface area (TPSA) is 81.1 Å². The predicted octanol–water partition coefficient (Wildman–Crippen LogP) is 1.80. The monoisotopic (exact) mass is 335 g/mol. The number of ether oxygens (including phenoxy) is 1. The number of halogens is 1. The maximum absolute atomic E-state index is 12.1. The van der Waals surface area contributed by atoms with Crippen molar-refractivity contribution in [2.75, 3.05) is 6.61 Å². The van der Waals surface area contributed by atoms with Crippen molar-refractivity contribution in [3.63, 3.8) is 0 Å². The van der Waals surface area contributed by atoms with Crippen molar-refractivity contribution in [2.24, 2.45) is 7.05 Å². The third-order valence-electron chi connectivity index (χ3n) is 3.82. The molecule has 2 amide bonds. The van der Waals surface area contributed by atoms with Crippen molar-refractivity contribution in [2.45, 2.75) is 25.1 Å². The number of nitrogens with zero attached hydrogens (tertiary/aromatic N) is 3. The van der Waals surface area contributed by atoms with Crippen LogP contribution < -0.4 is 10.6 Å². The van der Waals surface area contributed by atoms with Crippen LogP contribution in [0, 0.1) is 0 Å². The van der Waals surface area contributed by atoms with Crippen molar-refractivity contribution >= 4 is 17.6 Å². The summed E-state index contributed by atoms with van der Waals surface area (Å²) in [5.74, 6) is 0.692. The molecule has 2 heterocycles. The molecule has 0 unspecified atom stereocenters. The highest BCUT2D eigenvalue weighted by Crippen LogP contribution is 2.29. The molecule has 2 atom stereocenters. The molecule has 1 saturated heterocycles. The van der Waals surface area contributed by atoms with Gasteiger partial charge >= 0.3 is 6.03 Å². The van der Waals surface area contributed by atoms with Crippen molar-refractivity contribution in [1.82, 2.24) is 25.4 Å². The van der Waals surface area contributed by atoms with Crippen molar-refractivity contribution < 1.29 is 9.53 Å². The smallest absolute Gasteiger partial charge is 0.315 e. The Morgan fingerprint density at radius 3 is 2.91 bits per heavy atom. The van der Waals surface area contributed by atoms with Crippen LogP contribution in [0.3, 0.4) is 0 Å². The lowest BCUT2D eigenvalue weighted by atomic mass is 10.0. The van der Waals surface area contributed by atoms with E-state index >= 15 is 0 Å². The van der Waals surface area contributed by atoms with Crippen LogP contribution in [0.4, 0.5) is 4.79 Å². The number of benzene rings is 1. The molecule has 7 nitrogen and oxygen atoms in total. The molecule has 0 radical (unpaired) electrons. The number of nitrogens with one attached hydrogen (secondary N) is 2. The third-order valence-corrected chi connectivity index (χ3v) is 4.07. The normalized spacial score (nSPS) is 20.4. The van der Waals surface area contributed by atoms with Gasteiger partial charge in [0.05, 0.1) is 12.6 Å². The lowest BCUT2D eigenvalue weighted by molar-refractivity contribution is 0.0999. The summed E-state index contributed by atoms with van der Waals surface area (Å²) >= 11 is 5.91. The predicted molar refractivity (Wildman–Crippen MR) is 84.9 cm³/mol. The van der Waals surface area contributed by atoms with E-state index in [4.69, 9.17) is 16.3 Å². The largest absolute Gasteiger partial charge is 0.371 e. The van der Waals surface area contributed by atoms with E-state index in [-0.39, 0.29) is 18.2 Å². The fraction of sp³-hybridized carbons (Fsp3) is 0.400. The first kappa shape index (κ1) is 15.8. The molecule has 23 heavy (non-hydrogen) atoms. The second-order valence-electron chi connectivity index (χ2n) is 5.37. The van der Waals surface area contributed by atoms with Gasteiger partial charge in [-0.3, -0.25) is 4.68 Å². The Morgan fingerprint density at radius 1 is 1.43 bits per heavy atom. The number of urea groups is 1. The average molecular weight is 336 g/mol. The van der Waals surface area contributed by atoms with Crippen LogP contribution in [-0.2, 0) is 18.3 Å².